The van der Waals surface area contributed by atoms with Crippen LogP contribution in [-0.2, 0) is 4.79 Å². The van der Waals surface area contributed by atoms with Crippen LogP contribution in [0.2, 0.25) is 5.02 Å². The van der Waals surface area contributed by atoms with Crippen LogP contribution in [0.15, 0.2) is 29.7 Å². The predicted octanol–water partition coefficient (Wildman–Crippen LogP) is 2.90. The third kappa shape index (κ3) is 4.02. The van der Waals surface area contributed by atoms with Crippen LogP contribution in [0, 0.1) is 6.92 Å². The minimum Gasteiger partial charge on any atom is -0.340 e. The van der Waals surface area contributed by atoms with Crippen molar-refractivity contribution < 1.29 is 4.79 Å². The van der Waals surface area contributed by atoms with Gasteiger partial charge in [0.25, 0.3) is 0 Å². The first kappa shape index (κ1) is 16.7. The molecular weight excluding hydrogens is 352 g/mol. The van der Waals surface area contributed by atoms with Crippen molar-refractivity contribution in [1.82, 2.24) is 19.7 Å². The second-order valence-corrected chi connectivity index (χ2v) is 7.77. The van der Waals surface area contributed by atoms with E-state index >= 15 is 0 Å². The van der Waals surface area contributed by atoms with E-state index in [4.69, 9.17) is 11.6 Å². The standard InChI is InChI=1S/C15H17ClN4OS2/c1-11-2-3-12(8-13(11)16)20-10-17-18-15(20)23-9-14(21)19-4-6-22-7-5-19/h2-3,8,10H,4-7,9H2,1H3. The van der Waals surface area contributed by atoms with Crippen molar-refractivity contribution in [3.05, 3.63) is 35.1 Å². The fraction of sp³-hybridized carbons (Fsp3) is 0.400. The fourth-order valence-electron chi connectivity index (χ4n) is 2.26. The predicted molar refractivity (Wildman–Crippen MR) is 95.7 cm³/mol. The van der Waals surface area contributed by atoms with Gasteiger partial charge in [0.1, 0.15) is 6.33 Å². The summed E-state index contributed by atoms with van der Waals surface area (Å²) in [6.07, 6.45) is 1.64. The summed E-state index contributed by atoms with van der Waals surface area (Å²) in [5.74, 6) is 2.58. The van der Waals surface area contributed by atoms with Crippen LogP contribution >= 0.6 is 35.1 Å². The van der Waals surface area contributed by atoms with Gasteiger partial charge in [0, 0.05) is 29.6 Å². The van der Waals surface area contributed by atoms with Crippen molar-refractivity contribution in [3.8, 4) is 5.69 Å². The Balaban J connectivity index is 1.68. The van der Waals surface area contributed by atoms with Crippen molar-refractivity contribution in [2.75, 3.05) is 30.3 Å². The molecule has 1 amide bonds. The average Bonchev–Trinajstić information content (AvgIpc) is 3.04. The summed E-state index contributed by atoms with van der Waals surface area (Å²) in [7, 11) is 0. The summed E-state index contributed by atoms with van der Waals surface area (Å²) in [6, 6.07) is 5.81. The van der Waals surface area contributed by atoms with Gasteiger partial charge in [-0.3, -0.25) is 9.36 Å². The summed E-state index contributed by atoms with van der Waals surface area (Å²) in [5.41, 5.74) is 1.92. The SMILES string of the molecule is Cc1ccc(-n2cnnc2SCC(=O)N2CCSCC2)cc1Cl. The summed E-state index contributed by atoms with van der Waals surface area (Å²) in [5, 5.41) is 9.48. The third-order valence-electron chi connectivity index (χ3n) is 3.64. The molecule has 3 rings (SSSR count). The van der Waals surface area contributed by atoms with Gasteiger partial charge in [-0.1, -0.05) is 29.4 Å². The molecule has 5 nitrogen and oxygen atoms in total. The Morgan fingerprint density at radius 3 is 2.91 bits per heavy atom. The normalized spacial score (nSPS) is 15.0. The molecule has 0 N–H and O–H groups in total. The summed E-state index contributed by atoms with van der Waals surface area (Å²) in [6.45, 7) is 3.64. The molecule has 0 spiro atoms. The van der Waals surface area contributed by atoms with E-state index in [-0.39, 0.29) is 5.91 Å². The minimum absolute atomic E-state index is 0.159. The molecule has 0 unspecified atom stereocenters. The molecule has 1 aliphatic heterocycles. The number of hydrogen-bond donors (Lipinski definition) is 0. The van der Waals surface area contributed by atoms with Gasteiger partial charge in [-0.05, 0) is 24.6 Å². The Morgan fingerprint density at radius 2 is 2.17 bits per heavy atom. The fourth-order valence-corrected chi connectivity index (χ4v) is 4.17. The molecule has 0 saturated carbocycles. The maximum absolute atomic E-state index is 12.3. The molecule has 1 fully saturated rings. The van der Waals surface area contributed by atoms with Gasteiger partial charge in [-0.25, -0.2) is 0 Å². The Bertz CT molecular complexity index is 701. The van der Waals surface area contributed by atoms with E-state index in [0.29, 0.717) is 15.9 Å². The van der Waals surface area contributed by atoms with E-state index in [1.54, 1.807) is 6.33 Å². The largest absolute Gasteiger partial charge is 0.340 e. The van der Waals surface area contributed by atoms with Gasteiger partial charge >= 0.3 is 0 Å². The first-order chi connectivity index (χ1) is 11.1. The summed E-state index contributed by atoms with van der Waals surface area (Å²) >= 11 is 9.49. The number of nitrogens with zero attached hydrogens (tertiary/aromatic N) is 4. The maximum atomic E-state index is 12.3. The number of rotatable bonds is 4. The molecule has 1 aromatic heterocycles. The number of carbonyl (C=O) groups excluding carboxylic acids is 1. The Hall–Kier alpha value is -1.18. The lowest BCUT2D eigenvalue weighted by Gasteiger charge is -2.26. The van der Waals surface area contributed by atoms with Gasteiger partial charge in [-0.15, -0.1) is 10.2 Å². The lowest BCUT2D eigenvalue weighted by atomic mass is 10.2. The maximum Gasteiger partial charge on any atom is 0.233 e. The number of aromatic nitrogens is 3. The summed E-state index contributed by atoms with van der Waals surface area (Å²) < 4.78 is 1.86. The molecule has 0 radical (unpaired) electrons. The van der Waals surface area contributed by atoms with Crippen molar-refractivity contribution >= 4 is 41.0 Å². The van der Waals surface area contributed by atoms with Crippen molar-refractivity contribution in [2.24, 2.45) is 0 Å². The number of hydrogen-bond acceptors (Lipinski definition) is 5. The van der Waals surface area contributed by atoms with Gasteiger partial charge in [0.05, 0.1) is 11.4 Å². The van der Waals surface area contributed by atoms with Crippen LogP contribution in [0.5, 0.6) is 0 Å². The van der Waals surface area contributed by atoms with E-state index in [1.807, 2.05) is 46.4 Å². The average molecular weight is 369 g/mol. The number of carbonyl (C=O) groups is 1. The number of benzene rings is 1. The highest BCUT2D eigenvalue weighted by Gasteiger charge is 2.18. The zero-order valence-corrected chi connectivity index (χ0v) is 15.1. The molecule has 2 heterocycles. The quantitative estimate of drug-likeness (QED) is 0.777. The second-order valence-electron chi connectivity index (χ2n) is 5.20. The Kier molecular flexibility index (Phi) is 5.50. The van der Waals surface area contributed by atoms with Crippen LogP contribution in [-0.4, -0.2) is 55.9 Å². The Labute approximate surface area is 148 Å². The highest BCUT2D eigenvalue weighted by molar-refractivity contribution is 8.00. The first-order valence-electron chi connectivity index (χ1n) is 7.30. The van der Waals surface area contributed by atoms with Gasteiger partial charge < -0.3 is 4.90 Å². The van der Waals surface area contributed by atoms with Crippen LogP contribution in [0.1, 0.15) is 5.56 Å². The van der Waals surface area contributed by atoms with E-state index in [2.05, 4.69) is 10.2 Å². The van der Waals surface area contributed by atoms with E-state index in [1.165, 1.54) is 11.8 Å². The monoisotopic (exact) mass is 368 g/mol. The van der Waals surface area contributed by atoms with Crippen LogP contribution in [0.25, 0.3) is 5.69 Å². The van der Waals surface area contributed by atoms with Gasteiger partial charge in [-0.2, -0.15) is 11.8 Å². The van der Waals surface area contributed by atoms with Crippen molar-refractivity contribution in [3.63, 3.8) is 0 Å². The number of thioether (sulfide) groups is 2. The zero-order valence-electron chi connectivity index (χ0n) is 12.7. The molecule has 1 saturated heterocycles. The first-order valence-corrected chi connectivity index (χ1v) is 9.82. The molecular formula is C15H17ClN4OS2. The Morgan fingerprint density at radius 1 is 1.39 bits per heavy atom. The van der Waals surface area contributed by atoms with Crippen molar-refractivity contribution in [1.29, 1.82) is 0 Å². The van der Waals surface area contributed by atoms with E-state index in [0.717, 1.165) is 35.8 Å². The molecule has 1 aromatic carbocycles. The van der Waals surface area contributed by atoms with Gasteiger partial charge in [0.15, 0.2) is 5.16 Å². The van der Waals surface area contributed by atoms with Crippen LogP contribution in [0.3, 0.4) is 0 Å². The molecule has 122 valence electrons. The smallest absolute Gasteiger partial charge is 0.233 e. The lowest BCUT2D eigenvalue weighted by Crippen LogP contribution is -2.38. The van der Waals surface area contributed by atoms with Crippen LogP contribution in [0.4, 0.5) is 0 Å². The van der Waals surface area contributed by atoms with Gasteiger partial charge in [0.2, 0.25) is 5.91 Å². The lowest BCUT2D eigenvalue weighted by molar-refractivity contribution is -0.127. The topological polar surface area (TPSA) is 51.0 Å². The molecule has 8 heteroatoms. The van der Waals surface area contributed by atoms with E-state index < -0.39 is 0 Å². The molecule has 1 aliphatic rings. The molecule has 0 aliphatic carbocycles. The highest BCUT2D eigenvalue weighted by Crippen LogP contribution is 2.24. The van der Waals surface area contributed by atoms with E-state index in [9.17, 15) is 4.79 Å². The zero-order chi connectivity index (χ0) is 16.2. The number of aryl methyl sites for hydroxylation is 1. The second kappa shape index (κ2) is 7.59. The number of halogens is 1. The summed E-state index contributed by atoms with van der Waals surface area (Å²) in [4.78, 5) is 14.2. The van der Waals surface area contributed by atoms with Crippen molar-refractivity contribution in [2.45, 2.75) is 12.1 Å². The molecule has 0 atom stereocenters. The number of amides is 1. The molecule has 23 heavy (non-hydrogen) atoms. The highest BCUT2D eigenvalue weighted by atomic mass is 35.5. The minimum atomic E-state index is 0.159. The molecule has 2 aromatic rings. The molecule has 0 bridgehead atoms. The third-order valence-corrected chi connectivity index (χ3v) is 5.92. The van der Waals surface area contributed by atoms with Crippen LogP contribution < -0.4 is 0 Å².